The average molecular weight is 338 g/mol. The van der Waals surface area contributed by atoms with E-state index in [4.69, 9.17) is 4.74 Å². The molecule has 2 fully saturated rings. The summed E-state index contributed by atoms with van der Waals surface area (Å²) in [5, 5.41) is 8.33. The van der Waals surface area contributed by atoms with Crippen molar-refractivity contribution >= 4 is 22.4 Å². The number of rotatable bonds is 2. The minimum absolute atomic E-state index is 0.0601. The number of H-pyrrole nitrogens is 1. The Hall–Kier alpha value is -2.18. The number of hydrogen-bond donors (Lipinski definition) is 1. The van der Waals surface area contributed by atoms with Gasteiger partial charge in [0, 0.05) is 30.6 Å². The molecule has 0 spiro atoms. The van der Waals surface area contributed by atoms with Crippen LogP contribution in [0.1, 0.15) is 28.9 Å². The fraction of sp³-hybridized carbons (Fsp3) is 0.474. The first-order valence-corrected chi connectivity index (χ1v) is 8.97. The molecule has 6 nitrogen and oxygen atoms in total. The van der Waals surface area contributed by atoms with Crippen molar-refractivity contribution in [2.45, 2.75) is 24.9 Å². The van der Waals surface area contributed by atoms with Crippen molar-refractivity contribution in [3.63, 3.8) is 0 Å². The van der Waals surface area contributed by atoms with Crippen molar-refractivity contribution in [1.29, 1.82) is 0 Å². The van der Waals surface area contributed by atoms with Crippen molar-refractivity contribution in [2.75, 3.05) is 33.4 Å². The lowest BCUT2D eigenvalue weighted by Crippen LogP contribution is -2.47. The maximum atomic E-state index is 13.0. The third kappa shape index (κ3) is 2.40. The van der Waals surface area contributed by atoms with Crippen molar-refractivity contribution in [3.8, 4) is 0 Å². The molecule has 25 heavy (non-hydrogen) atoms. The van der Waals surface area contributed by atoms with Crippen molar-refractivity contribution in [3.05, 3.63) is 35.5 Å². The Balaban J connectivity index is 1.45. The van der Waals surface area contributed by atoms with Gasteiger partial charge in [0.1, 0.15) is 0 Å². The second-order valence-electron chi connectivity index (χ2n) is 7.33. The number of amides is 1. The van der Waals surface area contributed by atoms with E-state index >= 15 is 0 Å². The van der Waals surface area contributed by atoms with Gasteiger partial charge in [-0.05, 0) is 43.2 Å². The maximum absolute atomic E-state index is 13.0. The summed E-state index contributed by atoms with van der Waals surface area (Å²) < 4.78 is 5.38. The highest BCUT2D eigenvalue weighted by molar-refractivity contribution is 6.05. The first-order valence-electron chi connectivity index (χ1n) is 8.97. The van der Waals surface area contributed by atoms with Crippen LogP contribution in [-0.2, 0) is 4.74 Å². The molecule has 4 heterocycles. The standard InChI is InChI=1S/C19H22N4O2/c1-22-10-15-9-14(22)11-23(15)19(24)18-16-3-2-13(8-17(16)20-21-18)12-4-6-25-7-5-12/h2-4,8,14-15H,5-7,9-11H2,1H3,(H,20,21)/t14-,15-/m0/s1. The van der Waals surface area contributed by atoms with Crippen LogP contribution < -0.4 is 0 Å². The largest absolute Gasteiger partial charge is 0.377 e. The summed E-state index contributed by atoms with van der Waals surface area (Å²) in [6.07, 6.45) is 4.14. The van der Waals surface area contributed by atoms with E-state index in [1.54, 1.807) is 0 Å². The molecule has 0 radical (unpaired) electrons. The van der Waals surface area contributed by atoms with E-state index < -0.39 is 0 Å². The van der Waals surface area contributed by atoms with Crippen molar-refractivity contribution in [2.24, 2.45) is 0 Å². The first-order chi connectivity index (χ1) is 12.2. The SMILES string of the molecule is CN1C[C@@H]2C[C@H]1CN2C(=O)c1n[nH]c2cc(C3=CCOCC3)ccc12. The second kappa shape index (κ2) is 5.68. The van der Waals surface area contributed by atoms with E-state index in [1.807, 2.05) is 11.0 Å². The van der Waals surface area contributed by atoms with Crippen LogP contribution in [-0.4, -0.2) is 71.3 Å². The summed E-state index contributed by atoms with van der Waals surface area (Å²) in [6.45, 7) is 3.23. The minimum Gasteiger partial charge on any atom is -0.377 e. The number of aromatic amines is 1. The van der Waals surface area contributed by atoms with Gasteiger partial charge in [0.25, 0.3) is 5.91 Å². The Morgan fingerprint density at radius 3 is 2.96 bits per heavy atom. The number of likely N-dealkylation sites (tertiary alicyclic amines) is 2. The number of hydrogen-bond acceptors (Lipinski definition) is 4. The lowest BCUT2D eigenvalue weighted by molar-refractivity contribution is 0.0646. The molecule has 3 aliphatic rings. The van der Waals surface area contributed by atoms with Crippen molar-refractivity contribution in [1.82, 2.24) is 20.0 Å². The number of carbonyl (C=O) groups excluding carboxylic acids is 1. The third-order valence-corrected chi connectivity index (χ3v) is 5.87. The van der Waals surface area contributed by atoms with Gasteiger partial charge >= 0.3 is 0 Å². The molecule has 0 aliphatic carbocycles. The molecular weight excluding hydrogens is 316 g/mol. The second-order valence-corrected chi connectivity index (χ2v) is 7.33. The number of carbonyl (C=O) groups is 1. The number of nitrogens with zero attached hydrogens (tertiary/aromatic N) is 3. The number of likely N-dealkylation sites (N-methyl/N-ethyl adjacent to an activating group) is 1. The summed E-state index contributed by atoms with van der Waals surface area (Å²) in [5.41, 5.74) is 3.96. The van der Waals surface area contributed by atoms with Crippen LogP contribution >= 0.6 is 0 Å². The van der Waals surface area contributed by atoms with Gasteiger partial charge in [-0.15, -0.1) is 0 Å². The molecule has 3 aliphatic heterocycles. The number of ether oxygens (including phenoxy) is 1. The zero-order valence-corrected chi connectivity index (χ0v) is 14.4. The molecule has 2 saturated heterocycles. The van der Waals surface area contributed by atoms with Gasteiger partial charge in [0.2, 0.25) is 0 Å². The zero-order chi connectivity index (χ0) is 17.0. The molecule has 2 bridgehead atoms. The fourth-order valence-corrected chi connectivity index (χ4v) is 4.42. The van der Waals surface area contributed by atoms with Gasteiger partial charge in [0.15, 0.2) is 5.69 Å². The summed E-state index contributed by atoms with van der Waals surface area (Å²) in [7, 11) is 2.14. The van der Waals surface area contributed by atoms with E-state index in [9.17, 15) is 4.79 Å². The average Bonchev–Trinajstić information content (AvgIpc) is 3.34. The summed E-state index contributed by atoms with van der Waals surface area (Å²) in [5.74, 6) is 0.0601. The zero-order valence-electron chi connectivity index (χ0n) is 14.4. The topological polar surface area (TPSA) is 61.5 Å². The normalized spacial score (nSPS) is 26.4. The van der Waals surface area contributed by atoms with Crippen LogP contribution in [0.4, 0.5) is 0 Å². The molecule has 0 saturated carbocycles. The maximum Gasteiger partial charge on any atom is 0.275 e. The number of fused-ring (bicyclic) bond motifs is 3. The molecule has 2 atom stereocenters. The quantitative estimate of drug-likeness (QED) is 0.908. The van der Waals surface area contributed by atoms with E-state index in [1.165, 1.54) is 11.1 Å². The summed E-state index contributed by atoms with van der Waals surface area (Å²) in [6, 6.07) is 7.06. The Morgan fingerprint density at radius 1 is 1.32 bits per heavy atom. The fourth-order valence-electron chi connectivity index (χ4n) is 4.42. The van der Waals surface area contributed by atoms with Gasteiger partial charge in [-0.2, -0.15) is 5.10 Å². The van der Waals surface area contributed by atoms with Crippen LogP contribution in [0.15, 0.2) is 24.3 Å². The highest BCUT2D eigenvalue weighted by Gasteiger charge is 2.44. The van der Waals surface area contributed by atoms with Crippen LogP contribution in [0.5, 0.6) is 0 Å². The van der Waals surface area contributed by atoms with E-state index in [-0.39, 0.29) is 5.91 Å². The third-order valence-electron chi connectivity index (χ3n) is 5.87. The Labute approximate surface area is 146 Å². The summed E-state index contributed by atoms with van der Waals surface area (Å²) >= 11 is 0. The van der Waals surface area contributed by atoms with Crippen molar-refractivity contribution < 1.29 is 9.53 Å². The minimum atomic E-state index is 0.0601. The van der Waals surface area contributed by atoms with Gasteiger partial charge < -0.3 is 9.64 Å². The summed E-state index contributed by atoms with van der Waals surface area (Å²) in [4.78, 5) is 17.4. The number of benzene rings is 1. The first kappa shape index (κ1) is 15.1. The smallest absolute Gasteiger partial charge is 0.275 e. The van der Waals surface area contributed by atoms with E-state index in [0.29, 0.717) is 24.4 Å². The molecule has 2 aromatic rings. The molecule has 130 valence electrons. The molecular formula is C19H22N4O2. The molecule has 1 N–H and O–H groups in total. The number of piperazine rings is 1. The van der Waals surface area contributed by atoms with Crippen LogP contribution in [0.2, 0.25) is 0 Å². The molecule has 6 heteroatoms. The lowest BCUT2D eigenvalue weighted by atomic mass is 10.00. The van der Waals surface area contributed by atoms with Crippen LogP contribution in [0.25, 0.3) is 16.5 Å². The van der Waals surface area contributed by atoms with Gasteiger partial charge in [-0.25, -0.2) is 0 Å². The molecule has 5 rings (SSSR count). The van der Waals surface area contributed by atoms with Crippen LogP contribution in [0.3, 0.4) is 0 Å². The molecule has 0 unspecified atom stereocenters. The number of nitrogens with one attached hydrogen (secondary N) is 1. The van der Waals surface area contributed by atoms with E-state index in [0.717, 1.165) is 43.4 Å². The van der Waals surface area contributed by atoms with Crippen LogP contribution in [0, 0.1) is 0 Å². The highest BCUT2D eigenvalue weighted by atomic mass is 16.5. The van der Waals surface area contributed by atoms with E-state index in [2.05, 4.69) is 40.4 Å². The molecule has 1 amide bonds. The lowest BCUT2D eigenvalue weighted by Gasteiger charge is -2.31. The monoisotopic (exact) mass is 338 g/mol. The predicted octanol–water partition coefficient (Wildman–Crippen LogP) is 1.90. The Bertz CT molecular complexity index is 869. The Kier molecular flexibility index (Phi) is 3.43. The Morgan fingerprint density at radius 2 is 2.24 bits per heavy atom. The van der Waals surface area contributed by atoms with Gasteiger partial charge in [0.05, 0.1) is 18.7 Å². The molecule has 1 aromatic carbocycles. The highest BCUT2D eigenvalue weighted by Crippen LogP contribution is 2.32. The number of aromatic nitrogens is 2. The molecule has 1 aromatic heterocycles. The predicted molar refractivity (Wildman–Crippen MR) is 95.4 cm³/mol. The van der Waals surface area contributed by atoms with Gasteiger partial charge in [-0.1, -0.05) is 12.1 Å². The van der Waals surface area contributed by atoms with Gasteiger partial charge in [-0.3, -0.25) is 14.8 Å².